The van der Waals surface area contributed by atoms with E-state index in [0.717, 1.165) is 5.56 Å². The van der Waals surface area contributed by atoms with Crippen molar-refractivity contribution in [1.29, 1.82) is 0 Å². The number of carbonyl (C=O) groups is 1. The number of carbonyl (C=O) groups excluding carboxylic acids is 1. The molecule has 0 amide bonds. The number of aliphatic imine (C=N–C) groups is 1. The highest BCUT2D eigenvalue weighted by atomic mass is 79.9. The van der Waals surface area contributed by atoms with E-state index in [1.54, 1.807) is 19.1 Å². The molecule has 0 radical (unpaired) electrons. The molecular formula is C25H18Br2N2O5. The van der Waals surface area contributed by atoms with Crippen molar-refractivity contribution in [2.24, 2.45) is 4.99 Å². The summed E-state index contributed by atoms with van der Waals surface area (Å²) in [6, 6.07) is 16.2. The summed E-state index contributed by atoms with van der Waals surface area (Å²) in [6.45, 7) is 4.06. The van der Waals surface area contributed by atoms with Crippen LogP contribution in [0.3, 0.4) is 0 Å². The first-order valence-electron chi connectivity index (χ1n) is 10.2. The molecule has 0 atom stereocenters. The molecule has 0 spiro atoms. The minimum absolute atomic E-state index is 0.0103. The van der Waals surface area contributed by atoms with Gasteiger partial charge in [0.05, 0.1) is 13.9 Å². The van der Waals surface area contributed by atoms with Gasteiger partial charge in [-0.2, -0.15) is 0 Å². The number of cyclic esters (lactones) is 1. The van der Waals surface area contributed by atoms with Crippen LogP contribution < -0.4 is 4.74 Å². The van der Waals surface area contributed by atoms with Gasteiger partial charge in [-0.3, -0.25) is 10.1 Å². The first kappa shape index (κ1) is 23.8. The molecule has 3 aromatic rings. The summed E-state index contributed by atoms with van der Waals surface area (Å²) >= 11 is 7.06. The number of nitro benzene ring substituents is 1. The number of nitro groups is 1. The van der Waals surface area contributed by atoms with Crippen molar-refractivity contribution in [3.8, 4) is 5.75 Å². The quantitative estimate of drug-likeness (QED) is 0.140. The van der Waals surface area contributed by atoms with Gasteiger partial charge < -0.3 is 9.47 Å². The van der Waals surface area contributed by atoms with Gasteiger partial charge in [-0.05, 0) is 87.2 Å². The molecule has 0 saturated heterocycles. The molecule has 1 heterocycles. The van der Waals surface area contributed by atoms with Crippen molar-refractivity contribution in [1.82, 2.24) is 0 Å². The molecule has 0 fully saturated rings. The fourth-order valence-corrected chi connectivity index (χ4v) is 4.78. The highest BCUT2D eigenvalue weighted by Crippen LogP contribution is 2.36. The van der Waals surface area contributed by atoms with Crippen LogP contribution >= 0.6 is 31.9 Å². The highest BCUT2D eigenvalue weighted by Gasteiger charge is 2.25. The maximum atomic E-state index is 12.4. The Hall–Kier alpha value is -3.30. The SMILES string of the molecule is Cc1ccc(COc2c(Br)cc(/C=C3\N=C(c4ccc([N+](=O)[O-])c(C)c4)OC3=O)cc2Br)cc1. The Morgan fingerprint density at radius 3 is 2.35 bits per heavy atom. The number of rotatable bonds is 6. The number of ether oxygens (including phenoxy) is 2. The van der Waals surface area contributed by atoms with Crippen LogP contribution in [-0.4, -0.2) is 16.8 Å². The Labute approximate surface area is 212 Å². The van der Waals surface area contributed by atoms with Gasteiger partial charge in [-0.15, -0.1) is 0 Å². The summed E-state index contributed by atoms with van der Waals surface area (Å²) in [5, 5.41) is 11.0. The highest BCUT2D eigenvalue weighted by molar-refractivity contribution is 9.11. The van der Waals surface area contributed by atoms with Crippen molar-refractivity contribution in [2.75, 3.05) is 0 Å². The maximum Gasteiger partial charge on any atom is 0.363 e. The average Bonchev–Trinajstić information content (AvgIpc) is 3.14. The van der Waals surface area contributed by atoms with Crippen LogP contribution in [0, 0.1) is 24.0 Å². The lowest BCUT2D eigenvalue weighted by Gasteiger charge is -2.11. The molecule has 172 valence electrons. The summed E-state index contributed by atoms with van der Waals surface area (Å²) < 4.78 is 12.7. The predicted octanol–water partition coefficient (Wildman–Crippen LogP) is 6.66. The third kappa shape index (κ3) is 5.26. The normalized spacial score (nSPS) is 14.2. The molecule has 1 aliphatic rings. The van der Waals surface area contributed by atoms with Crippen LogP contribution in [0.1, 0.15) is 27.8 Å². The molecule has 0 aliphatic carbocycles. The van der Waals surface area contributed by atoms with Crippen molar-refractivity contribution in [2.45, 2.75) is 20.5 Å². The van der Waals surface area contributed by atoms with Gasteiger partial charge in [-0.25, -0.2) is 9.79 Å². The molecule has 9 heteroatoms. The van der Waals surface area contributed by atoms with Gasteiger partial charge in [0.1, 0.15) is 12.4 Å². The van der Waals surface area contributed by atoms with E-state index in [-0.39, 0.29) is 17.3 Å². The van der Waals surface area contributed by atoms with Gasteiger partial charge in [0.2, 0.25) is 5.90 Å². The lowest BCUT2D eigenvalue weighted by atomic mass is 10.1. The molecule has 7 nitrogen and oxygen atoms in total. The summed E-state index contributed by atoms with van der Waals surface area (Å²) in [5.74, 6) is 0.144. The topological polar surface area (TPSA) is 91.0 Å². The van der Waals surface area contributed by atoms with E-state index in [2.05, 4.69) is 36.9 Å². The van der Waals surface area contributed by atoms with Gasteiger partial charge in [0, 0.05) is 17.2 Å². The van der Waals surface area contributed by atoms with E-state index in [4.69, 9.17) is 9.47 Å². The lowest BCUT2D eigenvalue weighted by Crippen LogP contribution is -2.06. The molecule has 0 aromatic heterocycles. The largest absolute Gasteiger partial charge is 0.487 e. The Morgan fingerprint density at radius 2 is 1.74 bits per heavy atom. The Balaban J connectivity index is 1.55. The number of esters is 1. The average molecular weight is 586 g/mol. The van der Waals surface area contributed by atoms with Crippen molar-refractivity contribution in [3.63, 3.8) is 0 Å². The molecule has 34 heavy (non-hydrogen) atoms. The third-order valence-electron chi connectivity index (χ3n) is 5.09. The van der Waals surface area contributed by atoms with Crippen LogP contribution in [-0.2, 0) is 16.1 Å². The van der Waals surface area contributed by atoms with Crippen molar-refractivity contribution >= 4 is 55.5 Å². The zero-order valence-electron chi connectivity index (χ0n) is 18.2. The smallest absolute Gasteiger partial charge is 0.363 e. The zero-order valence-corrected chi connectivity index (χ0v) is 21.3. The van der Waals surface area contributed by atoms with E-state index < -0.39 is 10.9 Å². The molecule has 4 rings (SSSR count). The minimum atomic E-state index is -0.599. The van der Waals surface area contributed by atoms with E-state index in [0.29, 0.717) is 38.0 Å². The molecule has 0 N–H and O–H groups in total. The Morgan fingerprint density at radius 1 is 1.06 bits per heavy atom. The molecule has 0 unspecified atom stereocenters. The van der Waals surface area contributed by atoms with Gasteiger partial charge in [-0.1, -0.05) is 29.8 Å². The van der Waals surface area contributed by atoms with Gasteiger partial charge >= 0.3 is 5.97 Å². The van der Waals surface area contributed by atoms with E-state index in [1.165, 1.54) is 17.7 Å². The van der Waals surface area contributed by atoms with Gasteiger partial charge in [0.15, 0.2) is 5.70 Å². The third-order valence-corrected chi connectivity index (χ3v) is 6.27. The number of aryl methyl sites for hydroxylation is 2. The monoisotopic (exact) mass is 584 g/mol. The fraction of sp³-hybridized carbons (Fsp3) is 0.120. The molecule has 0 saturated carbocycles. The standard InChI is InChI=1S/C25H18Br2N2O5/c1-14-3-5-16(6-4-14)13-33-23-19(26)10-17(11-20(23)27)12-21-25(30)34-24(28-21)18-7-8-22(29(31)32)15(2)9-18/h3-12H,13H2,1-2H3/b21-12-. The molecule has 3 aromatic carbocycles. The summed E-state index contributed by atoms with van der Waals surface area (Å²) in [5.41, 5.74) is 3.99. The second-order valence-electron chi connectivity index (χ2n) is 7.68. The zero-order chi connectivity index (χ0) is 24.4. The summed E-state index contributed by atoms with van der Waals surface area (Å²) in [7, 11) is 0. The van der Waals surface area contributed by atoms with Crippen LogP contribution in [0.2, 0.25) is 0 Å². The maximum absolute atomic E-state index is 12.4. The molecule has 1 aliphatic heterocycles. The molecule has 0 bridgehead atoms. The number of hydrogen-bond donors (Lipinski definition) is 0. The number of hydrogen-bond acceptors (Lipinski definition) is 6. The fourth-order valence-electron chi connectivity index (χ4n) is 3.32. The van der Waals surface area contributed by atoms with Crippen molar-refractivity contribution in [3.05, 3.63) is 107 Å². The number of nitrogens with zero attached hydrogens (tertiary/aromatic N) is 2. The van der Waals surface area contributed by atoms with Gasteiger partial charge in [0.25, 0.3) is 5.69 Å². The molecular weight excluding hydrogens is 568 g/mol. The van der Waals surface area contributed by atoms with Crippen LogP contribution in [0.25, 0.3) is 6.08 Å². The predicted molar refractivity (Wildman–Crippen MR) is 136 cm³/mol. The van der Waals surface area contributed by atoms with Crippen molar-refractivity contribution < 1.29 is 19.2 Å². The first-order valence-corrected chi connectivity index (χ1v) is 11.8. The van der Waals surface area contributed by atoms with Crippen LogP contribution in [0.5, 0.6) is 5.75 Å². The minimum Gasteiger partial charge on any atom is -0.487 e. The van der Waals surface area contributed by atoms with E-state index in [9.17, 15) is 14.9 Å². The van der Waals surface area contributed by atoms with Crippen LogP contribution in [0.4, 0.5) is 5.69 Å². The number of benzene rings is 3. The lowest BCUT2D eigenvalue weighted by molar-refractivity contribution is -0.385. The first-order chi connectivity index (χ1) is 16.2. The Bertz CT molecular complexity index is 1340. The second-order valence-corrected chi connectivity index (χ2v) is 9.39. The van der Waals surface area contributed by atoms with Crippen LogP contribution in [0.15, 0.2) is 74.2 Å². The second kappa shape index (κ2) is 9.90. The van der Waals surface area contributed by atoms with E-state index >= 15 is 0 Å². The summed E-state index contributed by atoms with van der Waals surface area (Å²) in [4.78, 5) is 27.2. The Kier molecular flexibility index (Phi) is 6.95. The summed E-state index contributed by atoms with van der Waals surface area (Å²) in [6.07, 6.45) is 1.60. The number of halogens is 2. The van der Waals surface area contributed by atoms with E-state index in [1.807, 2.05) is 43.3 Å².